The maximum atomic E-state index is 13.0. The molecule has 0 unspecified atom stereocenters. The number of nitrogens with one attached hydrogen (secondary N) is 1. The molecule has 0 radical (unpaired) electrons. The zero-order valence-electron chi connectivity index (χ0n) is 10.1. The lowest BCUT2D eigenvalue weighted by Gasteiger charge is -2.07. The first-order valence-corrected chi connectivity index (χ1v) is 7.90. The summed E-state index contributed by atoms with van der Waals surface area (Å²) in [7, 11) is -3.55. The predicted molar refractivity (Wildman–Crippen MR) is 72.5 cm³/mol. The molecule has 0 saturated heterocycles. The van der Waals surface area contributed by atoms with Crippen LogP contribution in [0.15, 0.2) is 33.9 Å². The van der Waals surface area contributed by atoms with Crippen molar-refractivity contribution in [3.05, 3.63) is 40.5 Å². The molecule has 1 aromatic heterocycles. The second kappa shape index (κ2) is 5.41. The van der Waals surface area contributed by atoms with Crippen LogP contribution < -0.4 is 5.32 Å². The van der Waals surface area contributed by atoms with Crippen LogP contribution in [0.4, 0.5) is 20.4 Å². The second-order valence-corrected chi connectivity index (χ2v) is 6.69. The first-order valence-electron chi connectivity index (χ1n) is 5.21. The van der Waals surface area contributed by atoms with Crippen LogP contribution in [-0.4, -0.2) is 24.6 Å². The van der Waals surface area contributed by atoms with Crippen LogP contribution in [0, 0.1) is 11.6 Å². The standard InChI is InChI=1S/C11H8BrF2N3O2S/c1-20(18,19)10-9(12)5-15-11(17-10)16-8-3-6(13)2-7(14)4-8/h2-5H,1H3,(H,15,16,17). The van der Waals surface area contributed by atoms with Crippen LogP contribution in [-0.2, 0) is 9.84 Å². The Kier molecular flexibility index (Phi) is 4.00. The lowest BCUT2D eigenvalue weighted by atomic mass is 10.3. The van der Waals surface area contributed by atoms with Crippen molar-refractivity contribution < 1.29 is 17.2 Å². The fourth-order valence-corrected chi connectivity index (χ4v) is 3.16. The van der Waals surface area contributed by atoms with Crippen LogP contribution in [0.1, 0.15) is 0 Å². The Morgan fingerprint density at radius 2 is 1.80 bits per heavy atom. The number of anilines is 2. The van der Waals surface area contributed by atoms with Gasteiger partial charge >= 0.3 is 0 Å². The highest BCUT2D eigenvalue weighted by Crippen LogP contribution is 2.22. The zero-order valence-corrected chi connectivity index (χ0v) is 12.5. The molecule has 1 N–H and O–H groups in total. The van der Waals surface area contributed by atoms with Crippen LogP contribution in [0.3, 0.4) is 0 Å². The third kappa shape index (κ3) is 3.48. The topological polar surface area (TPSA) is 72.0 Å². The molecule has 0 fully saturated rings. The summed E-state index contributed by atoms with van der Waals surface area (Å²) >= 11 is 3.02. The van der Waals surface area contributed by atoms with Gasteiger partial charge in [0.05, 0.1) is 4.47 Å². The molecule has 20 heavy (non-hydrogen) atoms. The Morgan fingerprint density at radius 3 is 2.35 bits per heavy atom. The van der Waals surface area contributed by atoms with E-state index in [2.05, 4.69) is 31.2 Å². The molecule has 0 aliphatic heterocycles. The molecule has 9 heteroatoms. The maximum absolute atomic E-state index is 13.0. The summed E-state index contributed by atoms with van der Waals surface area (Å²) in [5.41, 5.74) is 0.0734. The van der Waals surface area contributed by atoms with E-state index in [0.717, 1.165) is 24.5 Å². The number of hydrogen-bond donors (Lipinski definition) is 1. The van der Waals surface area contributed by atoms with Gasteiger partial charge in [-0.1, -0.05) is 0 Å². The molecule has 0 bridgehead atoms. The van der Waals surface area contributed by atoms with Crippen molar-refractivity contribution in [2.45, 2.75) is 5.03 Å². The molecule has 0 amide bonds. The van der Waals surface area contributed by atoms with Crippen LogP contribution in [0.25, 0.3) is 0 Å². The molecule has 0 aliphatic carbocycles. The van der Waals surface area contributed by atoms with Gasteiger partial charge in [-0.05, 0) is 28.1 Å². The van der Waals surface area contributed by atoms with E-state index >= 15 is 0 Å². The number of sulfone groups is 1. The monoisotopic (exact) mass is 363 g/mol. The van der Waals surface area contributed by atoms with E-state index in [1.165, 1.54) is 6.20 Å². The lowest BCUT2D eigenvalue weighted by molar-refractivity contribution is 0.584. The zero-order chi connectivity index (χ0) is 14.9. The van der Waals surface area contributed by atoms with E-state index in [1.54, 1.807) is 0 Å². The lowest BCUT2D eigenvalue weighted by Crippen LogP contribution is -2.06. The largest absolute Gasteiger partial charge is 0.324 e. The number of halogens is 3. The van der Waals surface area contributed by atoms with Crippen molar-refractivity contribution in [3.63, 3.8) is 0 Å². The van der Waals surface area contributed by atoms with Gasteiger partial charge in [-0.15, -0.1) is 0 Å². The fourth-order valence-electron chi connectivity index (χ4n) is 1.43. The summed E-state index contributed by atoms with van der Waals surface area (Å²) in [4.78, 5) is 7.62. The molecule has 2 aromatic rings. The van der Waals surface area contributed by atoms with Crippen molar-refractivity contribution in [1.29, 1.82) is 0 Å². The molecule has 1 aromatic carbocycles. The highest BCUT2D eigenvalue weighted by molar-refractivity contribution is 9.10. The van der Waals surface area contributed by atoms with Gasteiger partial charge in [0.25, 0.3) is 0 Å². The Labute approximate surface area is 122 Å². The van der Waals surface area contributed by atoms with E-state index < -0.39 is 21.5 Å². The van der Waals surface area contributed by atoms with Crippen LogP contribution >= 0.6 is 15.9 Å². The SMILES string of the molecule is CS(=O)(=O)c1nc(Nc2cc(F)cc(F)c2)ncc1Br. The summed E-state index contributed by atoms with van der Waals surface area (Å²) < 4.78 is 49.3. The van der Waals surface area contributed by atoms with Gasteiger partial charge in [-0.3, -0.25) is 0 Å². The van der Waals surface area contributed by atoms with Gasteiger partial charge in [0.1, 0.15) is 11.6 Å². The third-order valence-corrected chi connectivity index (χ3v) is 4.04. The van der Waals surface area contributed by atoms with Crippen LogP contribution in [0.2, 0.25) is 0 Å². The van der Waals surface area contributed by atoms with Crippen molar-refractivity contribution in [2.24, 2.45) is 0 Å². The van der Waals surface area contributed by atoms with Crippen molar-refractivity contribution in [2.75, 3.05) is 11.6 Å². The third-order valence-electron chi connectivity index (χ3n) is 2.18. The molecule has 0 aliphatic rings. The molecule has 0 atom stereocenters. The smallest absolute Gasteiger partial charge is 0.228 e. The summed E-state index contributed by atoms with van der Waals surface area (Å²) in [5.74, 6) is -1.63. The second-order valence-electron chi connectivity index (χ2n) is 3.90. The number of rotatable bonds is 3. The van der Waals surface area contributed by atoms with Gasteiger partial charge < -0.3 is 5.32 Å². The average Bonchev–Trinajstić information content (AvgIpc) is 2.29. The van der Waals surface area contributed by atoms with E-state index in [-0.39, 0.29) is 21.1 Å². The molecule has 0 spiro atoms. The minimum Gasteiger partial charge on any atom is -0.324 e. The number of nitrogens with zero attached hydrogens (tertiary/aromatic N) is 2. The van der Waals surface area contributed by atoms with E-state index in [1.807, 2.05) is 0 Å². The minimum atomic E-state index is -3.55. The quantitative estimate of drug-likeness (QED) is 0.848. The molecule has 2 rings (SSSR count). The Bertz CT molecular complexity index is 748. The Balaban J connectivity index is 2.40. The van der Waals surface area contributed by atoms with Crippen molar-refractivity contribution >= 4 is 37.4 Å². The normalized spacial score (nSPS) is 11.4. The summed E-state index contributed by atoms with van der Waals surface area (Å²) in [6.45, 7) is 0. The molecular formula is C11H8BrF2N3O2S. The van der Waals surface area contributed by atoms with Gasteiger partial charge in [0.15, 0.2) is 14.9 Å². The van der Waals surface area contributed by atoms with E-state index in [9.17, 15) is 17.2 Å². The van der Waals surface area contributed by atoms with Gasteiger partial charge in [-0.2, -0.15) is 4.98 Å². The van der Waals surface area contributed by atoms with Crippen LogP contribution in [0.5, 0.6) is 0 Å². The summed E-state index contributed by atoms with van der Waals surface area (Å²) in [6, 6.07) is 2.79. The number of benzene rings is 1. The average molecular weight is 364 g/mol. The summed E-state index contributed by atoms with van der Waals surface area (Å²) in [5, 5.41) is 2.32. The highest BCUT2D eigenvalue weighted by atomic mass is 79.9. The number of hydrogen-bond acceptors (Lipinski definition) is 5. The van der Waals surface area contributed by atoms with Gasteiger partial charge in [0, 0.05) is 24.2 Å². The summed E-state index contributed by atoms with van der Waals surface area (Å²) in [6.07, 6.45) is 2.23. The Hall–Kier alpha value is -1.61. The van der Waals surface area contributed by atoms with E-state index in [4.69, 9.17) is 0 Å². The first kappa shape index (κ1) is 14.8. The van der Waals surface area contributed by atoms with Gasteiger partial charge in [0.2, 0.25) is 5.95 Å². The molecule has 5 nitrogen and oxygen atoms in total. The number of aromatic nitrogens is 2. The van der Waals surface area contributed by atoms with Crippen molar-refractivity contribution in [3.8, 4) is 0 Å². The van der Waals surface area contributed by atoms with E-state index in [0.29, 0.717) is 0 Å². The maximum Gasteiger partial charge on any atom is 0.228 e. The molecule has 0 saturated carbocycles. The minimum absolute atomic E-state index is 0.0734. The first-order chi connectivity index (χ1) is 9.25. The fraction of sp³-hybridized carbons (Fsp3) is 0.0909. The Morgan fingerprint density at radius 1 is 1.20 bits per heavy atom. The van der Waals surface area contributed by atoms with Gasteiger partial charge in [-0.25, -0.2) is 22.2 Å². The highest BCUT2D eigenvalue weighted by Gasteiger charge is 2.15. The molecular weight excluding hydrogens is 356 g/mol. The molecule has 1 heterocycles. The van der Waals surface area contributed by atoms with Crippen molar-refractivity contribution in [1.82, 2.24) is 9.97 Å². The molecule has 106 valence electrons. The predicted octanol–water partition coefficient (Wildman–Crippen LogP) is 2.66.